The van der Waals surface area contributed by atoms with Gasteiger partial charge < -0.3 is 9.84 Å². The lowest BCUT2D eigenvalue weighted by Gasteiger charge is -2.38. The minimum Gasteiger partial charge on any atom is -0.463 e. The summed E-state index contributed by atoms with van der Waals surface area (Å²) in [5, 5.41) is 11.0. The molecule has 1 N–H and O–H groups in total. The van der Waals surface area contributed by atoms with Crippen LogP contribution in [0.2, 0.25) is 0 Å². The summed E-state index contributed by atoms with van der Waals surface area (Å²) in [5.74, 6) is -0.549. The van der Waals surface area contributed by atoms with Crippen molar-refractivity contribution in [1.82, 2.24) is 4.90 Å². The summed E-state index contributed by atoms with van der Waals surface area (Å²) in [7, 11) is 0. The molecule has 158 valence electrons. The Bertz CT molecular complexity index is 937. The Labute approximate surface area is 183 Å². The fourth-order valence-corrected chi connectivity index (χ4v) is 4.42. The first kappa shape index (κ1) is 21.0. The third-order valence-electron chi connectivity index (χ3n) is 5.92. The van der Waals surface area contributed by atoms with E-state index in [0.29, 0.717) is 6.54 Å². The fraction of sp³-hybridized carbons (Fsp3) is 0.222. The molecular weight excluding hydrogens is 386 g/mol. The number of hydrogen-bond donors (Lipinski definition) is 1. The largest absolute Gasteiger partial charge is 0.463 e. The summed E-state index contributed by atoms with van der Waals surface area (Å²) in [5.41, 5.74) is 2.79. The van der Waals surface area contributed by atoms with Crippen molar-refractivity contribution in [2.45, 2.75) is 24.6 Å². The molecule has 1 aliphatic rings. The number of aliphatic hydroxyl groups is 1. The monoisotopic (exact) mass is 413 g/mol. The van der Waals surface area contributed by atoms with Crippen molar-refractivity contribution in [2.75, 3.05) is 13.2 Å². The molecule has 4 nitrogen and oxygen atoms in total. The van der Waals surface area contributed by atoms with Gasteiger partial charge in [0.25, 0.3) is 0 Å². The van der Waals surface area contributed by atoms with E-state index in [-0.39, 0.29) is 18.2 Å². The van der Waals surface area contributed by atoms with Crippen molar-refractivity contribution in [1.29, 1.82) is 0 Å². The number of hydrogen-bond acceptors (Lipinski definition) is 4. The Hall–Kier alpha value is -3.21. The maximum atomic E-state index is 12.2. The molecule has 1 aliphatic heterocycles. The standard InChI is InChI=1S/C27H27NO3/c1-3-31-26(30)20(2)25(29)24-19-28(24)27(21-13-7-4-8-14-21,22-15-9-5-10-16-22)23-17-11-6-12-18-23/h4-18,24-25,29H,2-3,19H2,1H3/t24-,25-,28?/m0/s1. The highest BCUT2D eigenvalue weighted by molar-refractivity contribution is 5.89. The molecule has 0 aliphatic carbocycles. The van der Waals surface area contributed by atoms with E-state index in [2.05, 4.69) is 47.9 Å². The highest BCUT2D eigenvalue weighted by Crippen LogP contribution is 2.49. The van der Waals surface area contributed by atoms with Crippen LogP contribution in [0.1, 0.15) is 23.6 Å². The number of ether oxygens (including phenoxy) is 1. The maximum absolute atomic E-state index is 12.2. The van der Waals surface area contributed by atoms with Gasteiger partial charge in [0.05, 0.1) is 23.8 Å². The molecular formula is C27H27NO3. The van der Waals surface area contributed by atoms with E-state index in [1.165, 1.54) is 0 Å². The van der Waals surface area contributed by atoms with Crippen molar-refractivity contribution in [2.24, 2.45) is 0 Å². The van der Waals surface area contributed by atoms with Gasteiger partial charge in [-0.15, -0.1) is 0 Å². The van der Waals surface area contributed by atoms with Crippen LogP contribution >= 0.6 is 0 Å². The molecule has 1 heterocycles. The average molecular weight is 414 g/mol. The van der Waals surface area contributed by atoms with E-state index in [0.717, 1.165) is 16.7 Å². The van der Waals surface area contributed by atoms with Gasteiger partial charge in [0.15, 0.2) is 0 Å². The van der Waals surface area contributed by atoms with Crippen LogP contribution in [0.15, 0.2) is 103 Å². The zero-order valence-corrected chi connectivity index (χ0v) is 17.6. The third kappa shape index (κ3) is 3.80. The molecule has 3 atom stereocenters. The molecule has 1 unspecified atom stereocenters. The Morgan fingerprint density at radius 2 is 1.39 bits per heavy atom. The summed E-state index contributed by atoms with van der Waals surface area (Å²) >= 11 is 0. The van der Waals surface area contributed by atoms with Crippen molar-refractivity contribution >= 4 is 5.97 Å². The van der Waals surface area contributed by atoms with Crippen LogP contribution in [0.4, 0.5) is 0 Å². The molecule has 1 fully saturated rings. The van der Waals surface area contributed by atoms with Gasteiger partial charge in [-0.3, -0.25) is 4.90 Å². The van der Waals surface area contributed by atoms with E-state index in [1.54, 1.807) is 6.92 Å². The summed E-state index contributed by atoms with van der Waals surface area (Å²) in [6.07, 6.45) is -1.01. The number of carbonyl (C=O) groups is 1. The lowest BCUT2D eigenvalue weighted by Crippen LogP contribution is -2.41. The predicted molar refractivity (Wildman–Crippen MR) is 121 cm³/mol. The first-order chi connectivity index (χ1) is 15.1. The van der Waals surface area contributed by atoms with Crippen molar-refractivity contribution in [3.05, 3.63) is 120 Å². The second-order valence-electron chi connectivity index (χ2n) is 7.72. The van der Waals surface area contributed by atoms with Gasteiger partial charge in [0.1, 0.15) is 6.10 Å². The van der Waals surface area contributed by atoms with E-state index < -0.39 is 17.6 Å². The first-order valence-electron chi connectivity index (χ1n) is 10.6. The fourth-order valence-electron chi connectivity index (χ4n) is 4.42. The molecule has 0 radical (unpaired) electrons. The maximum Gasteiger partial charge on any atom is 0.336 e. The Morgan fingerprint density at radius 3 is 1.77 bits per heavy atom. The summed E-state index contributed by atoms with van der Waals surface area (Å²) in [6, 6.07) is 30.6. The normalized spacial score (nSPS) is 18.8. The SMILES string of the molecule is C=C(C(=O)OCC)[C@H](O)[C@@H]1CN1C(c1ccccc1)(c1ccccc1)c1ccccc1. The quantitative estimate of drug-likeness (QED) is 0.261. The van der Waals surface area contributed by atoms with Gasteiger partial charge in [-0.2, -0.15) is 0 Å². The summed E-state index contributed by atoms with van der Waals surface area (Å²) in [4.78, 5) is 14.4. The number of carbonyl (C=O) groups excluding carboxylic acids is 1. The van der Waals surface area contributed by atoms with Gasteiger partial charge in [0.2, 0.25) is 0 Å². The van der Waals surface area contributed by atoms with Crippen LogP contribution in [0.3, 0.4) is 0 Å². The highest BCUT2D eigenvalue weighted by Gasteiger charge is 2.56. The van der Waals surface area contributed by atoms with Crippen molar-refractivity contribution in [3.8, 4) is 0 Å². The van der Waals surface area contributed by atoms with Gasteiger partial charge in [-0.1, -0.05) is 97.6 Å². The lowest BCUT2D eigenvalue weighted by molar-refractivity contribution is -0.139. The summed E-state index contributed by atoms with van der Waals surface area (Å²) in [6.45, 7) is 6.43. The van der Waals surface area contributed by atoms with Crippen LogP contribution in [0.5, 0.6) is 0 Å². The number of nitrogens with zero attached hydrogens (tertiary/aromatic N) is 1. The molecule has 4 heteroatoms. The number of aliphatic hydroxyl groups excluding tert-OH is 1. The Balaban J connectivity index is 1.83. The topological polar surface area (TPSA) is 49.5 Å². The zero-order valence-electron chi connectivity index (χ0n) is 17.6. The lowest BCUT2D eigenvalue weighted by atomic mass is 9.76. The van der Waals surface area contributed by atoms with Crippen LogP contribution in [-0.4, -0.2) is 41.3 Å². The van der Waals surface area contributed by atoms with Crippen LogP contribution in [0, 0.1) is 0 Å². The van der Waals surface area contributed by atoms with Crippen LogP contribution in [0.25, 0.3) is 0 Å². The third-order valence-corrected chi connectivity index (χ3v) is 5.92. The molecule has 4 rings (SSSR count). The van der Waals surface area contributed by atoms with E-state index in [4.69, 9.17) is 4.74 Å². The second kappa shape index (κ2) is 8.88. The van der Waals surface area contributed by atoms with Gasteiger partial charge in [0, 0.05) is 6.54 Å². The molecule has 3 aromatic carbocycles. The molecule has 0 aromatic heterocycles. The van der Waals surface area contributed by atoms with E-state index >= 15 is 0 Å². The number of esters is 1. The zero-order chi connectivity index (χ0) is 21.8. The molecule has 0 saturated carbocycles. The van der Waals surface area contributed by atoms with Crippen LogP contribution < -0.4 is 0 Å². The smallest absolute Gasteiger partial charge is 0.336 e. The predicted octanol–water partition coefficient (Wildman–Crippen LogP) is 4.14. The minimum absolute atomic E-state index is 0.0948. The van der Waals surface area contributed by atoms with Crippen LogP contribution in [-0.2, 0) is 15.1 Å². The molecule has 0 amide bonds. The Kier molecular flexibility index (Phi) is 6.03. The minimum atomic E-state index is -1.01. The van der Waals surface area contributed by atoms with Crippen molar-refractivity contribution in [3.63, 3.8) is 0 Å². The first-order valence-corrected chi connectivity index (χ1v) is 10.6. The number of rotatable bonds is 8. The summed E-state index contributed by atoms with van der Waals surface area (Å²) < 4.78 is 5.06. The van der Waals surface area contributed by atoms with E-state index in [9.17, 15) is 9.90 Å². The van der Waals surface area contributed by atoms with E-state index in [1.807, 2.05) is 54.6 Å². The Morgan fingerprint density at radius 1 is 0.968 bits per heavy atom. The average Bonchev–Trinajstić information content (AvgIpc) is 3.62. The molecule has 0 spiro atoms. The highest BCUT2D eigenvalue weighted by atomic mass is 16.5. The molecule has 31 heavy (non-hydrogen) atoms. The van der Waals surface area contributed by atoms with Crippen molar-refractivity contribution < 1.29 is 14.6 Å². The van der Waals surface area contributed by atoms with Gasteiger partial charge in [-0.05, 0) is 23.6 Å². The number of benzene rings is 3. The van der Waals surface area contributed by atoms with Gasteiger partial charge in [-0.25, -0.2) is 4.79 Å². The second-order valence-corrected chi connectivity index (χ2v) is 7.72. The molecule has 0 bridgehead atoms. The van der Waals surface area contributed by atoms with Gasteiger partial charge >= 0.3 is 5.97 Å². The molecule has 3 aromatic rings. The molecule has 1 saturated heterocycles.